The van der Waals surface area contributed by atoms with Crippen molar-refractivity contribution in [1.29, 1.82) is 0 Å². The number of nitrogens with zero attached hydrogens (tertiary/aromatic N) is 1. The van der Waals surface area contributed by atoms with Gasteiger partial charge in [0, 0.05) is 29.2 Å². The molecule has 1 aliphatic heterocycles. The molecule has 1 heterocycles. The van der Waals surface area contributed by atoms with Crippen molar-refractivity contribution in [2.24, 2.45) is 33.6 Å². The molecule has 5 rings (SSSR count). The molecular formula is C28H36BrNO6. The third-order valence-electron chi connectivity index (χ3n) is 9.37. The number of rotatable bonds is 3. The van der Waals surface area contributed by atoms with Crippen molar-refractivity contribution in [3.8, 4) is 0 Å². The molecule has 5 aliphatic rings. The van der Waals surface area contributed by atoms with Crippen LogP contribution in [0.2, 0.25) is 0 Å². The van der Waals surface area contributed by atoms with Crippen LogP contribution in [0, 0.1) is 28.6 Å². The number of aliphatic imine (C=N–C) groups is 1. The number of esters is 1. The Morgan fingerprint density at radius 1 is 1.31 bits per heavy atom. The van der Waals surface area contributed by atoms with Gasteiger partial charge in [-0.05, 0) is 84.9 Å². The van der Waals surface area contributed by atoms with Crippen LogP contribution in [0.3, 0.4) is 0 Å². The average Bonchev–Trinajstić information content (AvgIpc) is 3.33. The molecule has 6 unspecified atom stereocenters. The number of allylic oxidation sites excluding steroid dienone is 2. The highest BCUT2D eigenvalue weighted by atomic mass is 79.9. The van der Waals surface area contributed by atoms with Crippen molar-refractivity contribution in [2.45, 2.75) is 78.0 Å². The van der Waals surface area contributed by atoms with E-state index in [1.165, 1.54) is 6.21 Å². The maximum absolute atomic E-state index is 14.5. The highest BCUT2D eigenvalue weighted by molar-refractivity contribution is 9.12. The van der Waals surface area contributed by atoms with Crippen LogP contribution >= 0.6 is 15.9 Å². The van der Waals surface area contributed by atoms with Gasteiger partial charge in [-0.15, -0.1) is 0 Å². The summed E-state index contributed by atoms with van der Waals surface area (Å²) in [5, 5.41) is 12.8. The summed E-state index contributed by atoms with van der Waals surface area (Å²) < 4.78 is 18.9. The molecule has 8 heteroatoms. The molecule has 1 N–H and O–H groups in total. The lowest BCUT2D eigenvalue weighted by Crippen LogP contribution is -2.66. The summed E-state index contributed by atoms with van der Waals surface area (Å²) in [4.78, 5) is 31.7. The zero-order chi connectivity index (χ0) is 26.4. The number of carbonyl (C=O) groups excluding carboxylic acids is 2. The second kappa shape index (κ2) is 8.19. The van der Waals surface area contributed by atoms with Gasteiger partial charge in [-0.1, -0.05) is 26.0 Å². The lowest BCUT2D eigenvalue weighted by atomic mass is 9.63. The molecule has 2 bridgehead atoms. The Labute approximate surface area is 221 Å². The van der Waals surface area contributed by atoms with Crippen LogP contribution in [0.1, 0.15) is 54.4 Å². The molecule has 4 aliphatic carbocycles. The summed E-state index contributed by atoms with van der Waals surface area (Å²) in [5.74, 6) is -1.31. The first-order valence-corrected chi connectivity index (χ1v) is 13.5. The van der Waals surface area contributed by atoms with Crippen molar-refractivity contribution < 1.29 is 28.9 Å². The van der Waals surface area contributed by atoms with Crippen LogP contribution in [0.4, 0.5) is 0 Å². The Morgan fingerprint density at radius 2 is 2.00 bits per heavy atom. The van der Waals surface area contributed by atoms with Gasteiger partial charge in [-0.2, -0.15) is 0 Å². The third kappa shape index (κ3) is 3.44. The highest BCUT2D eigenvalue weighted by Gasteiger charge is 2.75. The second-order valence-corrected chi connectivity index (χ2v) is 13.0. The highest BCUT2D eigenvalue weighted by Crippen LogP contribution is 2.71. The van der Waals surface area contributed by atoms with Gasteiger partial charge < -0.3 is 19.3 Å². The van der Waals surface area contributed by atoms with Crippen LogP contribution in [0.25, 0.3) is 0 Å². The number of fused-ring (bicyclic) bond motifs is 5. The van der Waals surface area contributed by atoms with Gasteiger partial charge in [0.1, 0.15) is 6.10 Å². The summed E-state index contributed by atoms with van der Waals surface area (Å²) >= 11 is 3.36. The molecule has 0 aromatic heterocycles. The smallest absolute Gasteiger partial charge is 0.335 e. The fourth-order valence-electron chi connectivity index (χ4n) is 7.42. The van der Waals surface area contributed by atoms with E-state index < -0.39 is 35.0 Å². The number of hydrogen-bond acceptors (Lipinski definition) is 7. The molecule has 2 saturated carbocycles. The number of Topliss-reactive ketones (excluding diaryl/α,β-unsaturated/α-hetero) is 1. The molecule has 1 spiro atoms. The van der Waals surface area contributed by atoms with E-state index in [1.54, 1.807) is 27.8 Å². The molecule has 1 saturated heterocycles. The van der Waals surface area contributed by atoms with E-state index in [-0.39, 0.29) is 29.6 Å². The molecular weight excluding hydrogens is 526 g/mol. The fourth-order valence-corrected chi connectivity index (χ4v) is 7.79. The molecule has 0 amide bonds. The van der Waals surface area contributed by atoms with Crippen LogP contribution in [0.15, 0.2) is 38.3 Å². The standard InChI is InChI=1S/C28H36BrNO6/c1-14-11-27-9-8-18-20(25(18,3)4)17(21(27)31)10-16-13-34-26(5,6)36-23(16)28(27,33)22(14)35-24(32)15(2)19(29)12-30-7/h10-12,17-18,20,22-23,33H,8-9,13H2,1-7H3/b19-15-,30-12?/t17?,18?,20-,22?,23?,27?,28?/m0/s1. The molecule has 0 radical (unpaired) electrons. The normalized spacial score (nSPS) is 42.7. The largest absolute Gasteiger partial charge is 0.451 e. The number of ketones is 1. The predicted molar refractivity (Wildman–Crippen MR) is 139 cm³/mol. The first kappa shape index (κ1) is 26.0. The summed E-state index contributed by atoms with van der Waals surface area (Å²) in [6.07, 6.45) is 4.80. The van der Waals surface area contributed by atoms with Crippen molar-refractivity contribution >= 4 is 33.9 Å². The number of aliphatic hydroxyl groups is 1. The SMILES string of the molecule is CN=C/C(Br)=C(\C)C(=O)OC1C(C)=CC23CCC4[C@H](C(C=C5COC(C)(C)OC5C12O)C3=O)C4(C)C. The minimum absolute atomic E-state index is 0.00385. The molecule has 0 aromatic carbocycles. The first-order chi connectivity index (χ1) is 16.7. The molecule has 36 heavy (non-hydrogen) atoms. The summed E-state index contributed by atoms with van der Waals surface area (Å²) in [5.41, 5.74) is -1.22. The van der Waals surface area contributed by atoms with Gasteiger partial charge in [-0.25, -0.2) is 4.79 Å². The maximum Gasteiger partial charge on any atom is 0.335 e. The number of hydrogen-bond donors (Lipinski definition) is 1. The van der Waals surface area contributed by atoms with Gasteiger partial charge in [0.05, 0.1) is 12.0 Å². The van der Waals surface area contributed by atoms with Crippen LogP contribution in [-0.4, -0.2) is 60.3 Å². The predicted octanol–water partition coefficient (Wildman–Crippen LogP) is 4.29. The van der Waals surface area contributed by atoms with Gasteiger partial charge >= 0.3 is 5.97 Å². The van der Waals surface area contributed by atoms with E-state index in [9.17, 15) is 14.7 Å². The van der Waals surface area contributed by atoms with E-state index in [0.29, 0.717) is 28.0 Å². The number of carbonyl (C=O) groups is 2. The Kier molecular flexibility index (Phi) is 5.92. The van der Waals surface area contributed by atoms with E-state index in [1.807, 2.05) is 19.1 Å². The van der Waals surface area contributed by atoms with Crippen LogP contribution in [-0.2, 0) is 23.8 Å². The molecule has 0 aromatic rings. The van der Waals surface area contributed by atoms with Gasteiger partial charge in [-0.3, -0.25) is 9.79 Å². The first-order valence-electron chi connectivity index (χ1n) is 12.7. The summed E-state index contributed by atoms with van der Waals surface area (Å²) in [7, 11) is 1.61. The van der Waals surface area contributed by atoms with E-state index in [4.69, 9.17) is 14.2 Å². The monoisotopic (exact) mass is 561 g/mol. The minimum Gasteiger partial charge on any atom is -0.451 e. The van der Waals surface area contributed by atoms with Crippen molar-refractivity contribution in [1.82, 2.24) is 0 Å². The quantitative estimate of drug-likeness (QED) is 0.239. The molecule has 7 atom stereocenters. The minimum atomic E-state index is -1.79. The maximum atomic E-state index is 14.5. The molecule has 7 nitrogen and oxygen atoms in total. The average molecular weight is 563 g/mol. The molecule has 3 fully saturated rings. The zero-order valence-electron chi connectivity index (χ0n) is 22.1. The summed E-state index contributed by atoms with van der Waals surface area (Å²) in [6, 6.07) is 0. The number of halogens is 1. The lowest BCUT2D eigenvalue weighted by Gasteiger charge is -2.51. The zero-order valence-corrected chi connectivity index (χ0v) is 23.6. The Morgan fingerprint density at radius 3 is 2.67 bits per heavy atom. The Balaban J connectivity index is 1.65. The van der Waals surface area contributed by atoms with E-state index in [0.717, 1.165) is 12.0 Å². The van der Waals surface area contributed by atoms with Crippen molar-refractivity contribution in [3.63, 3.8) is 0 Å². The van der Waals surface area contributed by atoms with Gasteiger partial charge in [0.25, 0.3) is 0 Å². The van der Waals surface area contributed by atoms with Crippen molar-refractivity contribution in [2.75, 3.05) is 13.7 Å². The van der Waals surface area contributed by atoms with E-state index in [2.05, 4.69) is 34.8 Å². The van der Waals surface area contributed by atoms with Gasteiger partial charge in [0.2, 0.25) is 0 Å². The number of ether oxygens (including phenoxy) is 3. The summed E-state index contributed by atoms with van der Waals surface area (Å²) in [6.45, 7) is 11.8. The Bertz CT molecular complexity index is 1150. The van der Waals surface area contributed by atoms with E-state index >= 15 is 0 Å². The van der Waals surface area contributed by atoms with Gasteiger partial charge in [0.15, 0.2) is 23.3 Å². The fraction of sp³-hybridized carbons (Fsp3) is 0.679. The van der Waals surface area contributed by atoms with Crippen LogP contribution in [0.5, 0.6) is 0 Å². The van der Waals surface area contributed by atoms with Crippen LogP contribution < -0.4 is 0 Å². The third-order valence-corrected chi connectivity index (χ3v) is 10.2. The lowest BCUT2D eigenvalue weighted by molar-refractivity contribution is -0.301. The van der Waals surface area contributed by atoms with Crippen molar-refractivity contribution in [3.05, 3.63) is 33.4 Å². The Hall–Kier alpha value is -1.61. The second-order valence-electron chi connectivity index (χ2n) is 12.1. The topological polar surface area (TPSA) is 94.4 Å². The molecule has 196 valence electrons.